The molecule has 88 valence electrons. The number of rotatable bonds is 5. The molecule has 0 spiro atoms. The molecule has 6 heteroatoms. The first-order chi connectivity index (χ1) is 6.94. The molecule has 0 aromatic rings. The Morgan fingerprint density at radius 3 is 2.60 bits per heavy atom. The highest BCUT2D eigenvalue weighted by Crippen LogP contribution is 2.26. The van der Waals surface area contributed by atoms with Crippen molar-refractivity contribution in [2.24, 2.45) is 5.92 Å². The van der Waals surface area contributed by atoms with Crippen LogP contribution >= 0.6 is 0 Å². The largest absolute Gasteiger partial charge is 0.481 e. The van der Waals surface area contributed by atoms with E-state index in [9.17, 15) is 13.2 Å². The number of nitrogens with one attached hydrogen (secondary N) is 1. The molecule has 2 atom stereocenters. The summed E-state index contributed by atoms with van der Waals surface area (Å²) in [6.45, 7) is 1.80. The molecule has 1 aliphatic carbocycles. The molecule has 0 heterocycles. The fourth-order valence-corrected chi connectivity index (χ4v) is 3.27. The van der Waals surface area contributed by atoms with Gasteiger partial charge in [-0.05, 0) is 25.7 Å². The second kappa shape index (κ2) is 4.94. The first-order valence-electron chi connectivity index (χ1n) is 5.17. The monoisotopic (exact) mass is 235 g/mol. The zero-order valence-corrected chi connectivity index (χ0v) is 9.59. The molecule has 0 aromatic heterocycles. The fraction of sp³-hybridized carbons (Fsp3) is 0.889. The fourth-order valence-electron chi connectivity index (χ4n) is 1.89. The molecule has 0 radical (unpaired) electrons. The van der Waals surface area contributed by atoms with E-state index in [1.165, 1.54) is 0 Å². The normalized spacial score (nSPS) is 26.7. The van der Waals surface area contributed by atoms with Crippen LogP contribution in [0.5, 0.6) is 0 Å². The van der Waals surface area contributed by atoms with Gasteiger partial charge in [-0.3, -0.25) is 4.79 Å². The Morgan fingerprint density at radius 1 is 1.47 bits per heavy atom. The molecule has 5 nitrogen and oxygen atoms in total. The molecule has 1 saturated carbocycles. The van der Waals surface area contributed by atoms with Gasteiger partial charge in [-0.25, -0.2) is 13.1 Å². The van der Waals surface area contributed by atoms with Gasteiger partial charge in [0.15, 0.2) is 0 Å². The summed E-state index contributed by atoms with van der Waals surface area (Å²) in [5, 5.41) is 8.76. The molecule has 2 N–H and O–H groups in total. The van der Waals surface area contributed by atoms with Gasteiger partial charge in [0.2, 0.25) is 10.0 Å². The van der Waals surface area contributed by atoms with Crippen molar-refractivity contribution < 1.29 is 18.3 Å². The van der Waals surface area contributed by atoms with Crippen LogP contribution in [0.15, 0.2) is 0 Å². The van der Waals surface area contributed by atoms with Crippen molar-refractivity contribution >= 4 is 16.0 Å². The summed E-state index contributed by atoms with van der Waals surface area (Å²) in [6, 6.07) is -0.192. The highest BCUT2D eigenvalue weighted by Gasteiger charge is 2.31. The Balaban J connectivity index is 2.46. The smallest absolute Gasteiger partial charge is 0.306 e. The van der Waals surface area contributed by atoms with E-state index in [-0.39, 0.29) is 17.7 Å². The molecule has 1 rings (SSSR count). The van der Waals surface area contributed by atoms with Crippen molar-refractivity contribution in [1.29, 1.82) is 0 Å². The third-order valence-corrected chi connectivity index (χ3v) is 4.24. The second-order valence-electron chi connectivity index (χ2n) is 3.98. The van der Waals surface area contributed by atoms with Crippen molar-refractivity contribution in [2.75, 3.05) is 5.75 Å². The number of hydrogen-bond acceptors (Lipinski definition) is 3. The number of sulfonamides is 1. The second-order valence-corrected chi connectivity index (χ2v) is 5.86. The van der Waals surface area contributed by atoms with E-state index in [2.05, 4.69) is 4.72 Å². The zero-order chi connectivity index (χ0) is 11.5. The van der Waals surface area contributed by atoms with E-state index in [4.69, 9.17) is 5.11 Å². The van der Waals surface area contributed by atoms with E-state index < -0.39 is 16.0 Å². The number of carbonyl (C=O) groups is 1. The molecule has 1 aliphatic rings. The van der Waals surface area contributed by atoms with Crippen LogP contribution in [-0.4, -0.2) is 31.3 Å². The minimum Gasteiger partial charge on any atom is -0.481 e. The van der Waals surface area contributed by atoms with Crippen LogP contribution in [0, 0.1) is 5.92 Å². The van der Waals surface area contributed by atoms with Crippen LogP contribution in [-0.2, 0) is 14.8 Å². The van der Waals surface area contributed by atoms with Crippen LogP contribution < -0.4 is 4.72 Å². The summed E-state index contributed by atoms with van der Waals surface area (Å²) < 4.78 is 25.4. The molecule has 2 unspecified atom stereocenters. The number of hydrogen-bond donors (Lipinski definition) is 2. The zero-order valence-electron chi connectivity index (χ0n) is 8.77. The van der Waals surface area contributed by atoms with Crippen LogP contribution in [0.4, 0.5) is 0 Å². The molecule has 0 bridgehead atoms. The van der Waals surface area contributed by atoms with E-state index in [0.29, 0.717) is 25.7 Å². The predicted molar refractivity (Wildman–Crippen MR) is 56.0 cm³/mol. The third-order valence-electron chi connectivity index (χ3n) is 2.60. The van der Waals surface area contributed by atoms with Gasteiger partial charge >= 0.3 is 5.97 Å². The minimum absolute atomic E-state index is 0.112. The summed E-state index contributed by atoms with van der Waals surface area (Å²) in [7, 11) is -3.21. The summed E-state index contributed by atoms with van der Waals surface area (Å²) >= 11 is 0. The van der Waals surface area contributed by atoms with Gasteiger partial charge in [0, 0.05) is 6.04 Å². The Morgan fingerprint density at radius 2 is 2.13 bits per heavy atom. The quantitative estimate of drug-likeness (QED) is 0.729. The maximum Gasteiger partial charge on any atom is 0.306 e. The van der Waals surface area contributed by atoms with Crippen LogP contribution in [0.3, 0.4) is 0 Å². The highest BCUT2D eigenvalue weighted by molar-refractivity contribution is 7.89. The van der Waals surface area contributed by atoms with Gasteiger partial charge in [0.05, 0.1) is 11.7 Å². The molecule has 0 aliphatic heterocycles. The molecule has 15 heavy (non-hydrogen) atoms. The average Bonchev–Trinajstić information content (AvgIpc) is 2.51. The van der Waals surface area contributed by atoms with E-state index in [1.54, 1.807) is 6.92 Å². The van der Waals surface area contributed by atoms with Gasteiger partial charge < -0.3 is 5.11 Å². The van der Waals surface area contributed by atoms with Crippen molar-refractivity contribution in [3.63, 3.8) is 0 Å². The third kappa shape index (κ3) is 3.79. The Kier molecular flexibility index (Phi) is 4.10. The lowest BCUT2D eigenvalue weighted by Crippen LogP contribution is -2.34. The van der Waals surface area contributed by atoms with Crippen LogP contribution in [0.25, 0.3) is 0 Å². The molecule has 0 amide bonds. The number of carboxylic acid groups (broad SMARTS) is 1. The van der Waals surface area contributed by atoms with Gasteiger partial charge in [0.1, 0.15) is 0 Å². The number of carboxylic acids is 1. The Labute approximate surface area is 89.9 Å². The lowest BCUT2D eigenvalue weighted by atomic mass is 10.1. The van der Waals surface area contributed by atoms with Gasteiger partial charge in [-0.2, -0.15) is 0 Å². The number of aliphatic carboxylic acids is 1. The maximum absolute atomic E-state index is 11.4. The topological polar surface area (TPSA) is 83.5 Å². The molecule has 0 aromatic carbocycles. The average molecular weight is 235 g/mol. The van der Waals surface area contributed by atoms with Gasteiger partial charge in [0.25, 0.3) is 0 Å². The van der Waals surface area contributed by atoms with E-state index >= 15 is 0 Å². The minimum atomic E-state index is -3.21. The van der Waals surface area contributed by atoms with Gasteiger partial charge in [-0.1, -0.05) is 6.92 Å². The Hall–Kier alpha value is -0.620. The first kappa shape index (κ1) is 12.4. The standard InChI is InChI=1S/C9H17NO4S/c1-2-5-15(13,14)10-8-4-3-7(6-8)9(11)12/h7-8,10H,2-6H2,1H3,(H,11,12). The summed E-state index contributed by atoms with van der Waals surface area (Å²) in [4.78, 5) is 10.7. The molecular weight excluding hydrogens is 218 g/mol. The SMILES string of the molecule is CCCS(=O)(=O)NC1CCC(C(=O)O)C1. The predicted octanol–water partition coefficient (Wildman–Crippen LogP) is 0.569. The van der Waals surface area contributed by atoms with Crippen LogP contribution in [0.1, 0.15) is 32.6 Å². The van der Waals surface area contributed by atoms with Crippen molar-refractivity contribution in [2.45, 2.75) is 38.6 Å². The lowest BCUT2D eigenvalue weighted by Gasteiger charge is -2.11. The lowest BCUT2D eigenvalue weighted by molar-refractivity contribution is -0.141. The molecule has 1 fully saturated rings. The highest BCUT2D eigenvalue weighted by atomic mass is 32.2. The summed E-state index contributed by atoms with van der Waals surface area (Å²) in [6.07, 6.45) is 2.18. The van der Waals surface area contributed by atoms with Crippen LogP contribution in [0.2, 0.25) is 0 Å². The Bertz CT molecular complexity index is 325. The van der Waals surface area contributed by atoms with E-state index in [1.807, 2.05) is 0 Å². The molecular formula is C9H17NO4S. The first-order valence-corrected chi connectivity index (χ1v) is 6.82. The van der Waals surface area contributed by atoms with Crippen molar-refractivity contribution in [1.82, 2.24) is 4.72 Å². The van der Waals surface area contributed by atoms with Gasteiger partial charge in [-0.15, -0.1) is 0 Å². The van der Waals surface area contributed by atoms with Crippen molar-refractivity contribution in [3.8, 4) is 0 Å². The summed E-state index contributed by atoms with van der Waals surface area (Å²) in [5.74, 6) is -1.10. The summed E-state index contributed by atoms with van der Waals surface area (Å²) in [5.41, 5.74) is 0. The maximum atomic E-state index is 11.4. The molecule has 0 saturated heterocycles. The van der Waals surface area contributed by atoms with Crippen molar-refractivity contribution in [3.05, 3.63) is 0 Å². The van der Waals surface area contributed by atoms with E-state index in [0.717, 1.165) is 0 Å².